The molecule has 0 unspecified atom stereocenters. The number of hydrogen-bond donors (Lipinski definition) is 1. The molecule has 3 nitrogen and oxygen atoms in total. The van der Waals surface area contributed by atoms with E-state index in [1.165, 1.54) is 16.7 Å². The SMILES string of the molecule is CCOC(=O)c1ccc2c(c1)Cc1cc(N)ccc1-2. The largest absolute Gasteiger partial charge is 0.462 e. The molecule has 2 aromatic rings. The molecule has 0 saturated carbocycles. The molecular formula is C16H15NO2. The monoisotopic (exact) mass is 253 g/mol. The molecule has 19 heavy (non-hydrogen) atoms. The summed E-state index contributed by atoms with van der Waals surface area (Å²) in [6.45, 7) is 2.20. The van der Waals surface area contributed by atoms with E-state index in [4.69, 9.17) is 10.5 Å². The summed E-state index contributed by atoms with van der Waals surface area (Å²) in [6.07, 6.45) is 0.822. The molecule has 0 bridgehead atoms. The molecule has 0 heterocycles. The van der Waals surface area contributed by atoms with Crippen molar-refractivity contribution >= 4 is 11.7 Å². The van der Waals surface area contributed by atoms with Crippen molar-refractivity contribution in [1.29, 1.82) is 0 Å². The average molecular weight is 253 g/mol. The number of nitrogens with two attached hydrogens (primary N) is 1. The predicted molar refractivity (Wildman–Crippen MR) is 75.1 cm³/mol. The quantitative estimate of drug-likeness (QED) is 0.564. The minimum Gasteiger partial charge on any atom is -0.462 e. The van der Waals surface area contributed by atoms with Gasteiger partial charge in [-0.3, -0.25) is 0 Å². The average Bonchev–Trinajstić information content (AvgIpc) is 2.75. The Morgan fingerprint density at radius 1 is 1.16 bits per heavy atom. The predicted octanol–water partition coefficient (Wildman–Crippen LogP) is 3.02. The van der Waals surface area contributed by atoms with Gasteiger partial charge in [0.15, 0.2) is 0 Å². The smallest absolute Gasteiger partial charge is 0.338 e. The zero-order chi connectivity index (χ0) is 13.4. The van der Waals surface area contributed by atoms with Crippen LogP contribution in [0.15, 0.2) is 36.4 Å². The van der Waals surface area contributed by atoms with Gasteiger partial charge in [0.05, 0.1) is 12.2 Å². The maximum Gasteiger partial charge on any atom is 0.338 e. The Hall–Kier alpha value is -2.29. The van der Waals surface area contributed by atoms with Crippen molar-refractivity contribution in [2.24, 2.45) is 0 Å². The minimum atomic E-state index is -0.263. The number of esters is 1. The van der Waals surface area contributed by atoms with Gasteiger partial charge in [0.25, 0.3) is 0 Å². The first-order valence-corrected chi connectivity index (χ1v) is 6.38. The number of carbonyl (C=O) groups excluding carboxylic acids is 1. The van der Waals surface area contributed by atoms with Crippen molar-refractivity contribution in [3.05, 3.63) is 53.1 Å². The van der Waals surface area contributed by atoms with Gasteiger partial charge in [0.2, 0.25) is 0 Å². The Labute approximate surface area is 112 Å². The van der Waals surface area contributed by atoms with E-state index in [1.807, 2.05) is 43.3 Å². The van der Waals surface area contributed by atoms with Gasteiger partial charge in [-0.05, 0) is 59.9 Å². The Balaban J connectivity index is 2.01. The van der Waals surface area contributed by atoms with E-state index in [2.05, 4.69) is 0 Å². The van der Waals surface area contributed by atoms with Gasteiger partial charge in [-0.15, -0.1) is 0 Å². The zero-order valence-corrected chi connectivity index (χ0v) is 10.8. The van der Waals surface area contributed by atoms with Gasteiger partial charge < -0.3 is 10.5 Å². The molecule has 2 N–H and O–H groups in total. The van der Waals surface area contributed by atoms with Crippen molar-refractivity contribution in [3.63, 3.8) is 0 Å². The lowest BCUT2D eigenvalue weighted by Crippen LogP contribution is -2.04. The molecule has 3 heteroatoms. The van der Waals surface area contributed by atoms with Crippen LogP contribution in [0.2, 0.25) is 0 Å². The van der Waals surface area contributed by atoms with E-state index in [9.17, 15) is 4.79 Å². The van der Waals surface area contributed by atoms with Crippen LogP contribution in [-0.2, 0) is 11.2 Å². The molecule has 0 fully saturated rings. The fraction of sp³-hybridized carbons (Fsp3) is 0.188. The first-order chi connectivity index (χ1) is 9.19. The summed E-state index contributed by atoms with van der Waals surface area (Å²) >= 11 is 0. The molecule has 2 aromatic carbocycles. The topological polar surface area (TPSA) is 52.3 Å². The van der Waals surface area contributed by atoms with Crippen LogP contribution in [0, 0.1) is 0 Å². The Kier molecular flexibility index (Phi) is 2.75. The van der Waals surface area contributed by atoms with Gasteiger partial charge in [-0.25, -0.2) is 4.79 Å². The highest BCUT2D eigenvalue weighted by molar-refractivity contribution is 5.91. The van der Waals surface area contributed by atoms with Crippen molar-refractivity contribution in [3.8, 4) is 11.1 Å². The lowest BCUT2D eigenvalue weighted by Gasteiger charge is -2.05. The molecule has 0 spiro atoms. The first-order valence-electron chi connectivity index (χ1n) is 6.38. The van der Waals surface area contributed by atoms with Crippen molar-refractivity contribution < 1.29 is 9.53 Å². The van der Waals surface area contributed by atoms with E-state index >= 15 is 0 Å². The molecule has 0 aromatic heterocycles. The number of carbonyl (C=O) groups is 1. The standard InChI is InChI=1S/C16H15NO2/c1-2-19-16(18)10-3-5-14-11(7-10)8-12-9-13(17)4-6-15(12)14/h3-7,9H,2,8,17H2,1H3. The number of benzene rings is 2. The molecule has 1 aliphatic rings. The fourth-order valence-electron chi connectivity index (χ4n) is 2.57. The van der Waals surface area contributed by atoms with Gasteiger partial charge in [0, 0.05) is 5.69 Å². The van der Waals surface area contributed by atoms with Gasteiger partial charge >= 0.3 is 5.97 Å². The Morgan fingerprint density at radius 2 is 1.84 bits per heavy atom. The molecule has 0 radical (unpaired) electrons. The van der Waals surface area contributed by atoms with Gasteiger partial charge in [-0.1, -0.05) is 12.1 Å². The van der Waals surface area contributed by atoms with E-state index in [-0.39, 0.29) is 5.97 Å². The zero-order valence-electron chi connectivity index (χ0n) is 10.8. The van der Waals surface area contributed by atoms with Crippen molar-refractivity contribution in [2.45, 2.75) is 13.3 Å². The second kappa shape index (κ2) is 4.43. The molecule has 0 amide bonds. The van der Waals surface area contributed by atoms with Crippen LogP contribution in [0.3, 0.4) is 0 Å². The van der Waals surface area contributed by atoms with Crippen molar-refractivity contribution in [2.75, 3.05) is 12.3 Å². The third-order valence-electron chi connectivity index (χ3n) is 3.42. The highest BCUT2D eigenvalue weighted by Gasteiger charge is 2.20. The highest BCUT2D eigenvalue weighted by Crippen LogP contribution is 2.37. The number of hydrogen-bond acceptors (Lipinski definition) is 3. The van der Waals surface area contributed by atoms with Crippen LogP contribution in [-0.4, -0.2) is 12.6 Å². The molecule has 0 aliphatic heterocycles. The number of ether oxygens (including phenoxy) is 1. The van der Waals surface area contributed by atoms with Crippen LogP contribution in [0.25, 0.3) is 11.1 Å². The summed E-state index contributed by atoms with van der Waals surface area (Å²) in [6, 6.07) is 11.7. The summed E-state index contributed by atoms with van der Waals surface area (Å²) in [4.78, 5) is 11.7. The lowest BCUT2D eigenvalue weighted by atomic mass is 10.0. The maximum atomic E-state index is 11.7. The Morgan fingerprint density at radius 3 is 2.58 bits per heavy atom. The lowest BCUT2D eigenvalue weighted by molar-refractivity contribution is 0.0526. The fourth-order valence-corrected chi connectivity index (χ4v) is 2.57. The normalized spacial score (nSPS) is 11.8. The molecule has 3 rings (SSSR count). The van der Waals surface area contributed by atoms with Crippen LogP contribution in [0.4, 0.5) is 5.69 Å². The highest BCUT2D eigenvalue weighted by atomic mass is 16.5. The Bertz CT molecular complexity index is 662. The van der Waals surface area contributed by atoms with E-state index in [0.717, 1.165) is 17.7 Å². The third-order valence-corrected chi connectivity index (χ3v) is 3.42. The van der Waals surface area contributed by atoms with Crippen LogP contribution >= 0.6 is 0 Å². The first kappa shape index (κ1) is 11.8. The number of nitrogen functional groups attached to an aromatic ring is 1. The summed E-state index contributed by atoms with van der Waals surface area (Å²) in [5.41, 5.74) is 12.0. The van der Waals surface area contributed by atoms with E-state index in [0.29, 0.717) is 12.2 Å². The van der Waals surface area contributed by atoms with E-state index < -0.39 is 0 Å². The van der Waals surface area contributed by atoms with Gasteiger partial charge in [0.1, 0.15) is 0 Å². The number of fused-ring (bicyclic) bond motifs is 3. The van der Waals surface area contributed by atoms with Crippen LogP contribution < -0.4 is 5.73 Å². The minimum absolute atomic E-state index is 0.263. The number of anilines is 1. The summed E-state index contributed by atoms with van der Waals surface area (Å²) in [7, 11) is 0. The maximum absolute atomic E-state index is 11.7. The number of rotatable bonds is 2. The summed E-state index contributed by atoms with van der Waals surface area (Å²) in [5, 5.41) is 0. The van der Waals surface area contributed by atoms with Crippen LogP contribution in [0.1, 0.15) is 28.4 Å². The van der Waals surface area contributed by atoms with E-state index in [1.54, 1.807) is 0 Å². The molecule has 0 saturated heterocycles. The summed E-state index contributed by atoms with van der Waals surface area (Å²) < 4.78 is 5.02. The molecule has 0 atom stereocenters. The third kappa shape index (κ3) is 1.97. The molecule has 1 aliphatic carbocycles. The second-order valence-electron chi connectivity index (χ2n) is 4.69. The van der Waals surface area contributed by atoms with Gasteiger partial charge in [-0.2, -0.15) is 0 Å². The van der Waals surface area contributed by atoms with Crippen LogP contribution in [0.5, 0.6) is 0 Å². The second-order valence-corrected chi connectivity index (χ2v) is 4.69. The van der Waals surface area contributed by atoms with Crippen molar-refractivity contribution in [1.82, 2.24) is 0 Å². The molecular weight excluding hydrogens is 238 g/mol. The molecule has 96 valence electrons. The summed E-state index contributed by atoms with van der Waals surface area (Å²) in [5.74, 6) is -0.263.